The monoisotopic (exact) mass is 317 g/mol. The van der Waals surface area contributed by atoms with Crippen LogP contribution in [0.2, 0.25) is 0 Å². The highest BCUT2D eigenvalue weighted by atomic mass is 32.2. The molecule has 2 heterocycles. The molecule has 1 unspecified atom stereocenters. The van der Waals surface area contributed by atoms with Crippen LogP contribution in [0.25, 0.3) is 0 Å². The average Bonchev–Trinajstić information content (AvgIpc) is 2.81. The Bertz CT molecular complexity index is 653. The standard InChI is InChI=1S/C16H16FN3OS/c17-13-5-2-1-4-12(13)14-6-9-20(10-11-22-14)16(21)15-18-7-3-8-19-15/h1-5,7-8,14H,6,9-11H2. The molecule has 0 radical (unpaired) electrons. The van der Waals surface area contributed by atoms with Crippen molar-refractivity contribution in [2.24, 2.45) is 0 Å². The summed E-state index contributed by atoms with van der Waals surface area (Å²) in [5.74, 6) is 0.663. The third-order valence-electron chi connectivity index (χ3n) is 3.64. The van der Waals surface area contributed by atoms with Gasteiger partial charge in [-0.2, -0.15) is 11.8 Å². The number of rotatable bonds is 2. The number of benzene rings is 1. The minimum atomic E-state index is -0.175. The first kappa shape index (κ1) is 15.0. The van der Waals surface area contributed by atoms with Crippen LogP contribution in [0.3, 0.4) is 0 Å². The van der Waals surface area contributed by atoms with Crippen LogP contribution in [0.5, 0.6) is 0 Å². The molecule has 1 fully saturated rings. The molecule has 2 aromatic rings. The fourth-order valence-corrected chi connectivity index (χ4v) is 3.76. The largest absolute Gasteiger partial charge is 0.335 e. The first-order valence-corrected chi connectivity index (χ1v) is 8.23. The Morgan fingerprint density at radius 3 is 2.73 bits per heavy atom. The zero-order chi connectivity index (χ0) is 15.4. The highest BCUT2D eigenvalue weighted by molar-refractivity contribution is 7.99. The van der Waals surface area contributed by atoms with Crippen molar-refractivity contribution in [3.05, 3.63) is 59.9 Å². The molecule has 1 aliphatic heterocycles. The van der Waals surface area contributed by atoms with E-state index in [1.165, 1.54) is 6.07 Å². The molecular weight excluding hydrogens is 301 g/mol. The van der Waals surface area contributed by atoms with Crippen LogP contribution >= 0.6 is 11.8 Å². The summed E-state index contributed by atoms with van der Waals surface area (Å²) in [6.45, 7) is 1.22. The molecule has 0 N–H and O–H groups in total. The molecule has 114 valence electrons. The van der Waals surface area contributed by atoms with Crippen molar-refractivity contribution >= 4 is 17.7 Å². The number of amides is 1. The minimum Gasteiger partial charge on any atom is -0.335 e. The van der Waals surface area contributed by atoms with E-state index in [1.807, 2.05) is 12.1 Å². The SMILES string of the molecule is O=C(c1ncccn1)N1CCSC(c2ccccc2F)CC1. The van der Waals surface area contributed by atoms with Crippen molar-refractivity contribution in [2.45, 2.75) is 11.7 Å². The van der Waals surface area contributed by atoms with Crippen LogP contribution in [-0.2, 0) is 0 Å². The maximum atomic E-state index is 13.9. The highest BCUT2D eigenvalue weighted by Gasteiger charge is 2.25. The Kier molecular flexibility index (Phi) is 4.68. The summed E-state index contributed by atoms with van der Waals surface area (Å²) >= 11 is 1.69. The Balaban J connectivity index is 1.70. The summed E-state index contributed by atoms with van der Waals surface area (Å²) in [4.78, 5) is 22.1. The second kappa shape index (κ2) is 6.87. The summed E-state index contributed by atoms with van der Waals surface area (Å²) in [5.41, 5.74) is 0.720. The number of hydrogen-bond acceptors (Lipinski definition) is 4. The lowest BCUT2D eigenvalue weighted by molar-refractivity contribution is 0.0754. The minimum absolute atomic E-state index is 0.0793. The molecule has 1 atom stereocenters. The molecule has 22 heavy (non-hydrogen) atoms. The molecule has 1 aliphatic rings. The van der Waals surface area contributed by atoms with Gasteiger partial charge in [-0.25, -0.2) is 14.4 Å². The molecule has 1 aromatic carbocycles. The van der Waals surface area contributed by atoms with E-state index in [-0.39, 0.29) is 22.8 Å². The molecule has 1 amide bonds. The summed E-state index contributed by atoms with van der Waals surface area (Å²) in [6, 6.07) is 8.54. The second-order valence-electron chi connectivity index (χ2n) is 5.03. The predicted octanol–water partition coefficient (Wildman–Crippen LogP) is 2.94. The van der Waals surface area contributed by atoms with Crippen LogP contribution in [0, 0.1) is 5.82 Å². The van der Waals surface area contributed by atoms with E-state index in [9.17, 15) is 9.18 Å². The number of carbonyl (C=O) groups is 1. The van der Waals surface area contributed by atoms with Gasteiger partial charge < -0.3 is 4.90 Å². The van der Waals surface area contributed by atoms with Gasteiger partial charge in [0.05, 0.1) is 0 Å². The lowest BCUT2D eigenvalue weighted by Gasteiger charge is -2.19. The second-order valence-corrected chi connectivity index (χ2v) is 6.34. The van der Waals surface area contributed by atoms with Gasteiger partial charge >= 0.3 is 0 Å². The Morgan fingerprint density at radius 2 is 1.95 bits per heavy atom. The van der Waals surface area contributed by atoms with E-state index in [0.717, 1.165) is 17.7 Å². The third-order valence-corrected chi connectivity index (χ3v) is 4.95. The van der Waals surface area contributed by atoms with Crippen LogP contribution < -0.4 is 0 Å². The Hall–Kier alpha value is -1.95. The topological polar surface area (TPSA) is 46.1 Å². The quantitative estimate of drug-likeness (QED) is 0.854. The molecule has 0 spiro atoms. The smallest absolute Gasteiger partial charge is 0.291 e. The molecule has 0 bridgehead atoms. The Morgan fingerprint density at radius 1 is 1.18 bits per heavy atom. The first-order chi connectivity index (χ1) is 10.8. The molecule has 4 nitrogen and oxygen atoms in total. The van der Waals surface area contributed by atoms with Gasteiger partial charge in [0.15, 0.2) is 0 Å². The van der Waals surface area contributed by atoms with Gasteiger partial charge in [0.2, 0.25) is 5.82 Å². The molecule has 0 saturated carbocycles. The summed E-state index contributed by atoms with van der Waals surface area (Å²) < 4.78 is 13.9. The molecular formula is C16H16FN3OS. The number of hydrogen-bond donors (Lipinski definition) is 0. The van der Waals surface area contributed by atoms with E-state index in [4.69, 9.17) is 0 Å². The van der Waals surface area contributed by atoms with Crippen LogP contribution in [0.1, 0.15) is 27.9 Å². The van der Waals surface area contributed by atoms with Crippen molar-refractivity contribution in [1.82, 2.24) is 14.9 Å². The van der Waals surface area contributed by atoms with Crippen molar-refractivity contribution in [3.8, 4) is 0 Å². The van der Waals surface area contributed by atoms with E-state index >= 15 is 0 Å². The molecule has 3 rings (SSSR count). The van der Waals surface area contributed by atoms with Gasteiger partial charge in [0.25, 0.3) is 5.91 Å². The zero-order valence-electron chi connectivity index (χ0n) is 12.0. The van der Waals surface area contributed by atoms with Gasteiger partial charge in [-0.15, -0.1) is 0 Å². The zero-order valence-corrected chi connectivity index (χ0v) is 12.8. The number of nitrogens with zero attached hydrogens (tertiary/aromatic N) is 3. The number of thioether (sulfide) groups is 1. The molecule has 6 heteroatoms. The van der Waals surface area contributed by atoms with Crippen molar-refractivity contribution in [3.63, 3.8) is 0 Å². The van der Waals surface area contributed by atoms with E-state index < -0.39 is 0 Å². The van der Waals surface area contributed by atoms with Gasteiger partial charge in [0, 0.05) is 42.0 Å². The summed E-state index contributed by atoms with van der Waals surface area (Å²) in [7, 11) is 0. The number of halogens is 1. The maximum Gasteiger partial charge on any atom is 0.291 e. The van der Waals surface area contributed by atoms with Gasteiger partial charge in [-0.3, -0.25) is 4.79 Å². The number of aromatic nitrogens is 2. The third kappa shape index (κ3) is 3.27. The van der Waals surface area contributed by atoms with Gasteiger partial charge in [0.1, 0.15) is 5.82 Å². The molecule has 1 saturated heterocycles. The molecule has 0 aliphatic carbocycles. The maximum absolute atomic E-state index is 13.9. The van der Waals surface area contributed by atoms with Crippen molar-refractivity contribution in [2.75, 3.05) is 18.8 Å². The fraction of sp³-hybridized carbons (Fsp3) is 0.312. The van der Waals surface area contributed by atoms with Gasteiger partial charge in [-0.05, 0) is 18.6 Å². The summed E-state index contributed by atoms with van der Waals surface area (Å²) in [6.07, 6.45) is 3.86. The van der Waals surface area contributed by atoms with E-state index in [0.29, 0.717) is 13.1 Å². The Labute approximate surface area is 132 Å². The van der Waals surface area contributed by atoms with Crippen LogP contribution in [0.4, 0.5) is 4.39 Å². The first-order valence-electron chi connectivity index (χ1n) is 7.18. The van der Waals surface area contributed by atoms with E-state index in [2.05, 4.69) is 9.97 Å². The van der Waals surface area contributed by atoms with Crippen molar-refractivity contribution in [1.29, 1.82) is 0 Å². The van der Waals surface area contributed by atoms with Gasteiger partial charge in [-0.1, -0.05) is 18.2 Å². The van der Waals surface area contributed by atoms with Crippen LogP contribution in [0.15, 0.2) is 42.7 Å². The highest BCUT2D eigenvalue weighted by Crippen LogP contribution is 2.35. The number of carbonyl (C=O) groups excluding carboxylic acids is 1. The normalized spacial score (nSPS) is 18.8. The van der Waals surface area contributed by atoms with Crippen molar-refractivity contribution < 1.29 is 9.18 Å². The lowest BCUT2D eigenvalue weighted by Crippen LogP contribution is -2.34. The average molecular weight is 317 g/mol. The predicted molar refractivity (Wildman–Crippen MR) is 84.2 cm³/mol. The fourth-order valence-electron chi connectivity index (χ4n) is 2.51. The van der Waals surface area contributed by atoms with E-state index in [1.54, 1.807) is 41.2 Å². The lowest BCUT2D eigenvalue weighted by atomic mass is 10.1. The molecule has 1 aromatic heterocycles. The summed E-state index contributed by atoms with van der Waals surface area (Å²) in [5, 5.41) is 0.0793. The van der Waals surface area contributed by atoms with Crippen LogP contribution in [-0.4, -0.2) is 39.6 Å².